The summed E-state index contributed by atoms with van der Waals surface area (Å²) in [5.74, 6) is -0.906. The predicted molar refractivity (Wildman–Crippen MR) is 110 cm³/mol. The first kappa shape index (κ1) is 24.9. The lowest BCUT2D eigenvalue weighted by Crippen LogP contribution is -2.42. The highest BCUT2D eigenvalue weighted by molar-refractivity contribution is 7.89. The summed E-state index contributed by atoms with van der Waals surface area (Å²) in [6.07, 6.45) is 0. The lowest BCUT2D eigenvalue weighted by atomic mass is 10.1. The second-order valence-corrected chi connectivity index (χ2v) is 9.54. The molecule has 164 valence electrons. The van der Waals surface area contributed by atoms with Gasteiger partial charge in [-0.1, -0.05) is 0 Å². The first-order chi connectivity index (χ1) is 13.3. The summed E-state index contributed by atoms with van der Waals surface area (Å²) < 4.78 is 37.2. The molecule has 0 unspecified atom stereocenters. The molecule has 0 heterocycles. The van der Waals surface area contributed by atoms with Crippen LogP contribution in [-0.2, 0) is 19.6 Å². The minimum atomic E-state index is -3.84. The van der Waals surface area contributed by atoms with E-state index in [0.29, 0.717) is 6.54 Å². The number of nitrogens with one attached hydrogen (secondary N) is 1. The van der Waals surface area contributed by atoms with E-state index in [1.807, 2.05) is 19.0 Å². The van der Waals surface area contributed by atoms with Crippen molar-refractivity contribution in [3.05, 3.63) is 23.8 Å². The number of likely N-dealkylation sites (N-methyl/N-ethyl adjacent to an activating group) is 1. The third-order valence-corrected chi connectivity index (χ3v) is 5.25. The van der Waals surface area contributed by atoms with Crippen LogP contribution in [0.4, 0.5) is 0 Å². The molecule has 0 aliphatic heterocycles. The fraction of sp³-hybridized carbons (Fsp3) is 0.579. The van der Waals surface area contributed by atoms with E-state index in [1.54, 1.807) is 20.8 Å². The van der Waals surface area contributed by atoms with Crippen LogP contribution in [0.1, 0.15) is 31.1 Å². The highest BCUT2D eigenvalue weighted by Gasteiger charge is 2.25. The number of nitrogens with zero attached hydrogens (tertiary/aromatic N) is 2. The molecular formula is C19H31N3O6S. The fourth-order valence-electron chi connectivity index (χ4n) is 2.42. The normalized spacial score (nSPS) is 12.0. The number of hydrogen-bond donors (Lipinski definition) is 1. The number of rotatable bonds is 9. The highest BCUT2D eigenvalue weighted by atomic mass is 32.2. The van der Waals surface area contributed by atoms with Gasteiger partial charge in [-0.2, -0.15) is 0 Å². The number of benzene rings is 1. The lowest BCUT2D eigenvalue weighted by Gasteiger charge is -2.26. The summed E-state index contributed by atoms with van der Waals surface area (Å²) in [7, 11) is 2.47. The van der Waals surface area contributed by atoms with Gasteiger partial charge in [-0.05, 0) is 60.1 Å². The number of carbonyl (C=O) groups is 2. The number of ether oxygens (including phenoxy) is 2. The van der Waals surface area contributed by atoms with Gasteiger partial charge in [-0.3, -0.25) is 9.59 Å². The van der Waals surface area contributed by atoms with Crippen molar-refractivity contribution < 1.29 is 27.5 Å². The Labute approximate surface area is 173 Å². The second kappa shape index (κ2) is 10.0. The van der Waals surface area contributed by atoms with Crippen LogP contribution in [0.5, 0.6) is 5.75 Å². The second-order valence-electron chi connectivity index (χ2n) is 7.69. The monoisotopic (exact) mass is 429 g/mol. The van der Waals surface area contributed by atoms with Crippen molar-refractivity contribution in [3.8, 4) is 5.75 Å². The van der Waals surface area contributed by atoms with Gasteiger partial charge in [0.05, 0.1) is 7.11 Å². The van der Waals surface area contributed by atoms with E-state index in [-0.39, 0.29) is 29.3 Å². The fourth-order valence-corrected chi connectivity index (χ4v) is 3.33. The highest BCUT2D eigenvalue weighted by Crippen LogP contribution is 2.25. The van der Waals surface area contributed by atoms with Gasteiger partial charge in [0, 0.05) is 18.7 Å². The Morgan fingerprint density at radius 1 is 1.14 bits per heavy atom. The largest absolute Gasteiger partial charge is 0.495 e. The topological polar surface area (TPSA) is 105 Å². The molecule has 0 fully saturated rings. The smallest absolute Gasteiger partial charge is 0.326 e. The summed E-state index contributed by atoms with van der Waals surface area (Å²) >= 11 is 0. The molecule has 0 radical (unpaired) electrons. The molecule has 10 heteroatoms. The quantitative estimate of drug-likeness (QED) is 0.583. The van der Waals surface area contributed by atoms with Crippen molar-refractivity contribution in [1.29, 1.82) is 0 Å². The molecular weight excluding hydrogens is 398 g/mol. The van der Waals surface area contributed by atoms with Gasteiger partial charge in [0.2, 0.25) is 10.0 Å². The SMILES string of the molecule is CNS(=O)(=O)c1cc(C(=O)N(CCN(C)C)CC(=O)OC(C)(C)C)ccc1OC. The van der Waals surface area contributed by atoms with Crippen molar-refractivity contribution in [2.75, 3.05) is 47.9 Å². The van der Waals surface area contributed by atoms with Crippen LogP contribution in [0.25, 0.3) is 0 Å². The van der Waals surface area contributed by atoms with Gasteiger partial charge >= 0.3 is 5.97 Å². The number of esters is 1. The molecule has 0 saturated carbocycles. The average molecular weight is 430 g/mol. The van der Waals surface area contributed by atoms with E-state index in [2.05, 4.69) is 4.72 Å². The molecule has 29 heavy (non-hydrogen) atoms. The van der Waals surface area contributed by atoms with Crippen LogP contribution in [0.2, 0.25) is 0 Å². The van der Waals surface area contributed by atoms with Gasteiger partial charge in [-0.15, -0.1) is 0 Å². The molecule has 0 saturated heterocycles. The maximum Gasteiger partial charge on any atom is 0.326 e. The first-order valence-electron chi connectivity index (χ1n) is 9.08. The molecule has 0 aliphatic rings. The summed E-state index contributed by atoms with van der Waals surface area (Å²) in [5, 5.41) is 0. The van der Waals surface area contributed by atoms with Crippen LogP contribution >= 0.6 is 0 Å². The zero-order valence-electron chi connectivity index (χ0n) is 18.1. The van der Waals surface area contributed by atoms with E-state index in [9.17, 15) is 18.0 Å². The summed E-state index contributed by atoms with van der Waals surface area (Å²) in [5.41, 5.74) is -0.552. The Bertz CT molecular complexity index is 831. The van der Waals surface area contributed by atoms with Crippen LogP contribution in [0.3, 0.4) is 0 Å². The minimum absolute atomic E-state index is 0.114. The van der Waals surface area contributed by atoms with Crippen molar-refractivity contribution in [3.63, 3.8) is 0 Å². The van der Waals surface area contributed by atoms with Crippen LogP contribution < -0.4 is 9.46 Å². The Kier molecular flexibility index (Phi) is 8.61. The standard InChI is InChI=1S/C19H31N3O6S/c1-19(2,3)28-17(23)13-22(11-10-21(5)6)18(24)14-8-9-15(27-7)16(12-14)29(25,26)20-4/h8-9,12,20H,10-11,13H2,1-7H3. The third-order valence-electron chi connectivity index (χ3n) is 3.81. The van der Waals surface area contributed by atoms with Gasteiger partial charge in [0.1, 0.15) is 22.8 Å². The van der Waals surface area contributed by atoms with E-state index in [4.69, 9.17) is 9.47 Å². The molecule has 0 spiro atoms. The molecule has 1 aromatic rings. The van der Waals surface area contributed by atoms with E-state index >= 15 is 0 Å². The average Bonchev–Trinajstić information content (AvgIpc) is 2.62. The van der Waals surface area contributed by atoms with Gasteiger partial charge in [0.15, 0.2) is 0 Å². The molecule has 9 nitrogen and oxygen atoms in total. The minimum Gasteiger partial charge on any atom is -0.495 e. The van der Waals surface area contributed by atoms with Crippen LogP contribution in [0.15, 0.2) is 23.1 Å². The van der Waals surface area contributed by atoms with Crippen molar-refractivity contribution in [1.82, 2.24) is 14.5 Å². The number of amides is 1. The number of carbonyl (C=O) groups excluding carboxylic acids is 2. The van der Waals surface area contributed by atoms with Crippen LogP contribution in [-0.4, -0.2) is 83.6 Å². The summed E-state index contributed by atoms with van der Waals surface area (Å²) in [6, 6.07) is 4.12. The maximum absolute atomic E-state index is 13.1. The Hall–Kier alpha value is -2.17. The number of hydrogen-bond acceptors (Lipinski definition) is 7. The van der Waals surface area contributed by atoms with E-state index in [0.717, 1.165) is 0 Å². The number of sulfonamides is 1. The Morgan fingerprint density at radius 3 is 2.24 bits per heavy atom. The zero-order valence-corrected chi connectivity index (χ0v) is 18.9. The molecule has 0 aliphatic carbocycles. The van der Waals surface area contributed by atoms with Crippen LogP contribution in [0, 0.1) is 0 Å². The predicted octanol–water partition coefficient (Wildman–Crippen LogP) is 0.949. The lowest BCUT2D eigenvalue weighted by molar-refractivity contribution is -0.155. The van der Waals surface area contributed by atoms with Crippen molar-refractivity contribution in [2.24, 2.45) is 0 Å². The van der Waals surface area contributed by atoms with E-state index < -0.39 is 27.5 Å². The molecule has 0 atom stereocenters. The molecule has 0 aromatic heterocycles. The van der Waals surface area contributed by atoms with Crippen molar-refractivity contribution >= 4 is 21.9 Å². The molecule has 0 bridgehead atoms. The van der Waals surface area contributed by atoms with Gasteiger partial charge in [0.25, 0.3) is 5.91 Å². The zero-order chi connectivity index (χ0) is 22.4. The maximum atomic E-state index is 13.1. The Morgan fingerprint density at radius 2 is 1.76 bits per heavy atom. The third kappa shape index (κ3) is 7.64. The number of methoxy groups -OCH3 is 1. The molecule has 1 amide bonds. The molecule has 1 N–H and O–H groups in total. The van der Waals surface area contributed by atoms with Crippen molar-refractivity contribution in [2.45, 2.75) is 31.3 Å². The van der Waals surface area contributed by atoms with Gasteiger partial charge < -0.3 is 19.3 Å². The summed E-state index contributed by atoms with van der Waals surface area (Å²) in [6.45, 7) is 5.78. The molecule has 1 aromatic carbocycles. The van der Waals surface area contributed by atoms with E-state index in [1.165, 1.54) is 37.3 Å². The first-order valence-corrected chi connectivity index (χ1v) is 10.6. The molecule has 1 rings (SSSR count). The summed E-state index contributed by atoms with van der Waals surface area (Å²) in [4.78, 5) is 28.4. The Balaban J connectivity index is 3.24. The van der Waals surface area contributed by atoms with Gasteiger partial charge in [-0.25, -0.2) is 13.1 Å².